The molecule has 1 amide bonds. The number of hydrogen-bond acceptors (Lipinski definition) is 3. The largest absolute Gasteiger partial charge is 0.331 e. The highest BCUT2D eigenvalue weighted by molar-refractivity contribution is 5.93. The van der Waals surface area contributed by atoms with E-state index in [1.807, 2.05) is 49.7 Å². The topological polar surface area (TPSA) is 68.9 Å². The molecule has 2 aromatic heterocycles. The third-order valence-electron chi connectivity index (χ3n) is 4.33. The second-order valence-electron chi connectivity index (χ2n) is 6.92. The Balaban J connectivity index is 1.78. The SMILES string of the molecule is CC(C)CC(=O)Nc1ccc2c(c1)nc(CCn1ccccc1=O)n2C. The summed E-state index contributed by atoms with van der Waals surface area (Å²) in [4.78, 5) is 28.5. The van der Waals surface area contributed by atoms with Gasteiger partial charge in [-0.15, -0.1) is 0 Å². The van der Waals surface area contributed by atoms with Crippen molar-refractivity contribution in [3.05, 3.63) is 58.8 Å². The number of benzene rings is 1. The zero-order valence-electron chi connectivity index (χ0n) is 15.4. The number of rotatable bonds is 6. The van der Waals surface area contributed by atoms with Gasteiger partial charge in [0.2, 0.25) is 5.91 Å². The van der Waals surface area contributed by atoms with Crippen LogP contribution < -0.4 is 10.9 Å². The molecule has 0 bridgehead atoms. The minimum absolute atomic E-state index is 0.0126. The van der Waals surface area contributed by atoms with Crippen LogP contribution >= 0.6 is 0 Å². The summed E-state index contributed by atoms with van der Waals surface area (Å²) >= 11 is 0. The van der Waals surface area contributed by atoms with E-state index in [4.69, 9.17) is 0 Å². The molecule has 2 heterocycles. The van der Waals surface area contributed by atoms with Crippen molar-refractivity contribution >= 4 is 22.6 Å². The minimum Gasteiger partial charge on any atom is -0.331 e. The quantitative estimate of drug-likeness (QED) is 0.741. The monoisotopic (exact) mass is 352 g/mol. The zero-order valence-corrected chi connectivity index (χ0v) is 15.4. The molecule has 0 saturated carbocycles. The summed E-state index contributed by atoms with van der Waals surface area (Å²) in [6, 6.07) is 10.9. The molecule has 0 radical (unpaired) electrons. The number of imidazole rings is 1. The van der Waals surface area contributed by atoms with E-state index in [0.717, 1.165) is 22.5 Å². The summed E-state index contributed by atoms with van der Waals surface area (Å²) in [7, 11) is 1.97. The molecule has 26 heavy (non-hydrogen) atoms. The van der Waals surface area contributed by atoms with Crippen LogP contribution in [0.25, 0.3) is 11.0 Å². The average molecular weight is 352 g/mol. The molecule has 1 N–H and O–H groups in total. The van der Waals surface area contributed by atoms with Gasteiger partial charge in [0.05, 0.1) is 11.0 Å². The summed E-state index contributed by atoms with van der Waals surface area (Å²) in [5, 5.41) is 2.93. The highest BCUT2D eigenvalue weighted by atomic mass is 16.1. The van der Waals surface area contributed by atoms with E-state index in [1.54, 1.807) is 22.9 Å². The lowest BCUT2D eigenvalue weighted by atomic mass is 10.1. The predicted octanol–water partition coefficient (Wildman–Crippen LogP) is 2.96. The third kappa shape index (κ3) is 4.02. The molecule has 136 valence electrons. The summed E-state index contributed by atoms with van der Waals surface area (Å²) in [5.74, 6) is 1.24. The lowest BCUT2D eigenvalue weighted by molar-refractivity contribution is -0.116. The molecule has 6 nitrogen and oxygen atoms in total. The van der Waals surface area contributed by atoms with Gasteiger partial charge in [-0.05, 0) is 30.2 Å². The summed E-state index contributed by atoms with van der Waals surface area (Å²) in [5.41, 5.74) is 2.58. The standard InChI is InChI=1S/C20H24N4O2/c1-14(2)12-19(25)21-15-7-8-17-16(13-15)22-18(23(17)3)9-11-24-10-5-4-6-20(24)26/h4-8,10,13-14H,9,11-12H2,1-3H3,(H,21,25). The second-order valence-corrected chi connectivity index (χ2v) is 6.92. The smallest absolute Gasteiger partial charge is 0.250 e. The molecular formula is C20H24N4O2. The van der Waals surface area contributed by atoms with E-state index >= 15 is 0 Å². The van der Waals surface area contributed by atoms with Crippen molar-refractivity contribution in [3.63, 3.8) is 0 Å². The van der Waals surface area contributed by atoms with Gasteiger partial charge in [0, 0.05) is 44.4 Å². The molecule has 0 aliphatic heterocycles. The molecule has 0 aliphatic carbocycles. The number of amides is 1. The molecular weight excluding hydrogens is 328 g/mol. The molecule has 0 atom stereocenters. The van der Waals surface area contributed by atoms with Crippen LogP contribution in [-0.4, -0.2) is 20.0 Å². The lowest BCUT2D eigenvalue weighted by Gasteiger charge is -2.07. The average Bonchev–Trinajstić information content (AvgIpc) is 2.89. The number of hydrogen-bond donors (Lipinski definition) is 1. The number of pyridine rings is 1. The Kier molecular flexibility index (Phi) is 5.21. The van der Waals surface area contributed by atoms with E-state index in [-0.39, 0.29) is 11.5 Å². The molecule has 0 unspecified atom stereocenters. The zero-order chi connectivity index (χ0) is 18.7. The van der Waals surface area contributed by atoms with Crippen molar-refractivity contribution in [3.8, 4) is 0 Å². The first-order valence-corrected chi connectivity index (χ1v) is 8.84. The van der Waals surface area contributed by atoms with Crippen molar-refractivity contribution in [1.82, 2.24) is 14.1 Å². The van der Waals surface area contributed by atoms with Gasteiger partial charge >= 0.3 is 0 Å². The van der Waals surface area contributed by atoms with Crippen molar-refractivity contribution in [2.75, 3.05) is 5.32 Å². The van der Waals surface area contributed by atoms with Gasteiger partial charge in [0.15, 0.2) is 0 Å². The molecule has 0 fully saturated rings. The molecule has 6 heteroatoms. The highest BCUT2D eigenvalue weighted by Crippen LogP contribution is 2.20. The van der Waals surface area contributed by atoms with Crippen LogP contribution in [0, 0.1) is 5.92 Å². The maximum Gasteiger partial charge on any atom is 0.250 e. The van der Waals surface area contributed by atoms with Crippen molar-refractivity contribution < 1.29 is 4.79 Å². The number of aryl methyl sites for hydroxylation is 3. The van der Waals surface area contributed by atoms with E-state index in [0.29, 0.717) is 25.3 Å². The van der Waals surface area contributed by atoms with Gasteiger partial charge < -0.3 is 14.5 Å². The fourth-order valence-electron chi connectivity index (χ4n) is 3.00. The van der Waals surface area contributed by atoms with Gasteiger partial charge in [-0.2, -0.15) is 0 Å². The van der Waals surface area contributed by atoms with Crippen LogP contribution in [0.15, 0.2) is 47.4 Å². The third-order valence-corrected chi connectivity index (χ3v) is 4.33. The van der Waals surface area contributed by atoms with Crippen LogP contribution in [0.5, 0.6) is 0 Å². The number of fused-ring (bicyclic) bond motifs is 1. The van der Waals surface area contributed by atoms with Gasteiger partial charge in [-0.1, -0.05) is 19.9 Å². The molecule has 1 aromatic carbocycles. The fraction of sp³-hybridized carbons (Fsp3) is 0.350. The molecule has 3 rings (SSSR count). The number of aromatic nitrogens is 3. The summed E-state index contributed by atoms with van der Waals surface area (Å²) in [6.45, 7) is 4.62. The number of nitrogens with one attached hydrogen (secondary N) is 1. The van der Waals surface area contributed by atoms with Crippen LogP contribution in [0.3, 0.4) is 0 Å². The Hall–Kier alpha value is -2.89. The van der Waals surface area contributed by atoms with Crippen molar-refractivity contribution in [2.24, 2.45) is 13.0 Å². The first-order chi connectivity index (χ1) is 12.4. The highest BCUT2D eigenvalue weighted by Gasteiger charge is 2.10. The second kappa shape index (κ2) is 7.56. The summed E-state index contributed by atoms with van der Waals surface area (Å²) < 4.78 is 3.71. The number of nitrogens with zero attached hydrogens (tertiary/aromatic N) is 3. The van der Waals surface area contributed by atoms with Gasteiger partial charge in [-0.25, -0.2) is 4.98 Å². The first kappa shape index (κ1) is 17.9. The molecule has 0 saturated heterocycles. The van der Waals surface area contributed by atoms with Crippen LogP contribution in [0.2, 0.25) is 0 Å². The van der Waals surface area contributed by atoms with Gasteiger partial charge in [0.1, 0.15) is 5.82 Å². The normalized spacial score (nSPS) is 11.2. The molecule has 3 aromatic rings. The Bertz CT molecular complexity index is 985. The van der Waals surface area contributed by atoms with E-state index < -0.39 is 0 Å². The Morgan fingerprint density at radius 1 is 1.23 bits per heavy atom. The Morgan fingerprint density at radius 2 is 2.04 bits per heavy atom. The van der Waals surface area contributed by atoms with Gasteiger partial charge in [-0.3, -0.25) is 9.59 Å². The van der Waals surface area contributed by atoms with Crippen LogP contribution in [0.4, 0.5) is 5.69 Å². The molecule has 0 spiro atoms. The lowest BCUT2D eigenvalue weighted by Crippen LogP contribution is -2.19. The van der Waals surface area contributed by atoms with Crippen molar-refractivity contribution in [1.29, 1.82) is 0 Å². The van der Waals surface area contributed by atoms with E-state index in [2.05, 4.69) is 10.3 Å². The first-order valence-electron chi connectivity index (χ1n) is 8.84. The predicted molar refractivity (Wildman–Crippen MR) is 103 cm³/mol. The number of carbonyl (C=O) groups is 1. The Morgan fingerprint density at radius 3 is 2.77 bits per heavy atom. The summed E-state index contributed by atoms with van der Waals surface area (Å²) in [6.07, 6.45) is 2.94. The van der Waals surface area contributed by atoms with Crippen LogP contribution in [0.1, 0.15) is 26.1 Å². The minimum atomic E-state index is -0.0126. The van der Waals surface area contributed by atoms with Crippen molar-refractivity contribution in [2.45, 2.75) is 33.2 Å². The Labute approximate surface area is 152 Å². The van der Waals surface area contributed by atoms with Gasteiger partial charge in [0.25, 0.3) is 5.56 Å². The van der Waals surface area contributed by atoms with Crippen LogP contribution in [-0.2, 0) is 24.8 Å². The van der Waals surface area contributed by atoms with E-state index in [1.165, 1.54) is 0 Å². The maximum atomic E-state index is 12.0. The number of carbonyl (C=O) groups excluding carboxylic acids is 1. The van der Waals surface area contributed by atoms with E-state index in [9.17, 15) is 9.59 Å². The maximum absolute atomic E-state index is 12.0. The fourth-order valence-corrected chi connectivity index (χ4v) is 3.00. The molecule has 0 aliphatic rings. The number of anilines is 1.